The number of hydrogen-bond donors (Lipinski definition) is 0. The van der Waals surface area contributed by atoms with Gasteiger partial charge >= 0.3 is 0 Å². The third-order valence-corrected chi connectivity index (χ3v) is 2.73. The first-order valence-electron chi connectivity index (χ1n) is 4.82. The number of aryl methyl sites for hydroxylation is 1. The summed E-state index contributed by atoms with van der Waals surface area (Å²) in [5.74, 6) is 0. The molecule has 0 saturated heterocycles. The lowest BCUT2D eigenvalue weighted by molar-refractivity contribution is 0.111. The van der Waals surface area contributed by atoms with Crippen molar-refractivity contribution in [1.82, 2.24) is 9.78 Å². The van der Waals surface area contributed by atoms with E-state index in [1.54, 1.807) is 0 Å². The van der Waals surface area contributed by atoms with Crippen LogP contribution in [0.15, 0.2) is 6.07 Å². The largest absolute Gasteiger partial charge is 0.296 e. The molecule has 1 saturated carbocycles. The van der Waals surface area contributed by atoms with Crippen LogP contribution in [0, 0.1) is 6.92 Å². The quantitative estimate of drug-likeness (QED) is 0.650. The van der Waals surface area contributed by atoms with E-state index in [2.05, 4.69) is 5.10 Å². The van der Waals surface area contributed by atoms with Gasteiger partial charge in [0.05, 0.1) is 6.04 Å². The van der Waals surface area contributed by atoms with Gasteiger partial charge in [-0.2, -0.15) is 5.10 Å². The molecule has 0 radical (unpaired) electrons. The van der Waals surface area contributed by atoms with Gasteiger partial charge in [0.2, 0.25) is 0 Å². The molecule has 1 aromatic heterocycles. The molecule has 1 aromatic rings. The molecular formula is C10H14N2O. The number of carbonyl (C=O) groups is 1. The van der Waals surface area contributed by atoms with Crippen molar-refractivity contribution in [3.05, 3.63) is 17.5 Å². The maximum absolute atomic E-state index is 10.5. The Hall–Kier alpha value is -1.12. The summed E-state index contributed by atoms with van der Waals surface area (Å²) in [5.41, 5.74) is 1.67. The SMILES string of the molecule is Cc1cc(C=O)nn1C1CCCC1. The van der Waals surface area contributed by atoms with Crippen molar-refractivity contribution >= 4 is 6.29 Å². The van der Waals surface area contributed by atoms with Gasteiger partial charge in [0.1, 0.15) is 5.69 Å². The number of aromatic nitrogens is 2. The van der Waals surface area contributed by atoms with Gasteiger partial charge in [0.15, 0.2) is 6.29 Å². The summed E-state index contributed by atoms with van der Waals surface area (Å²) >= 11 is 0. The number of hydrogen-bond acceptors (Lipinski definition) is 2. The predicted octanol–water partition coefficient (Wildman–Crippen LogP) is 2.12. The molecule has 0 N–H and O–H groups in total. The molecule has 0 aromatic carbocycles. The van der Waals surface area contributed by atoms with Crippen molar-refractivity contribution < 1.29 is 4.79 Å². The molecule has 1 aliphatic carbocycles. The first kappa shape index (κ1) is 8.48. The van der Waals surface area contributed by atoms with Crippen molar-refractivity contribution in [3.8, 4) is 0 Å². The highest BCUT2D eigenvalue weighted by Gasteiger charge is 2.19. The molecule has 2 rings (SSSR count). The molecule has 0 bridgehead atoms. The zero-order valence-corrected chi connectivity index (χ0v) is 7.86. The number of nitrogens with zero attached hydrogens (tertiary/aromatic N) is 2. The van der Waals surface area contributed by atoms with Crippen LogP contribution in [0.4, 0.5) is 0 Å². The number of carbonyl (C=O) groups excluding carboxylic acids is 1. The zero-order chi connectivity index (χ0) is 9.26. The van der Waals surface area contributed by atoms with E-state index in [0.717, 1.165) is 12.0 Å². The van der Waals surface area contributed by atoms with E-state index in [9.17, 15) is 4.79 Å². The van der Waals surface area contributed by atoms with E-state index in [-0.39, 0.29) is 0 Å². The fraction of sp³-hybridized carbons (Fsp3) is 0.600. The Bertz CT molecular complexity index is 311. The van der Waals surface area contributed by atoms with Crippen LogP contribution in [0.25, 0.3) is 0 Å². The van der Waals surface area contributed by atoms with Crippen molar-refractivity contribution in [3.63, 3.8) is 0 Å². The Kier molecular flexibility index (Phi) is 2.17. The molecule has 0 unspecified atom stereocenters. The van der Waals surface area contributed by atoms with Gasteiger partial charge in [-0.05, 0) is 25.8 Å². The van der Waals surface area contributed by atoms with Gasteiger partial charge in [-0.25, -0.2) is 0 Å². The summed E-state index contributed by atoms with van der Waals surface area (Å²) in [6.45, 7) is 2.01. The molecule has 1 heterocycles. The smallest absolute Gasteiger partial charge is 0.170 e. The third kappa shape index (κ3) is 1.50. The average molecular weight is 178 g/mol. The highest BCUT2D eigenvalue weighted by Crippen LogP contribution is 2.29. The van der Waals surface area contributed by atoms with E-state index in [1.807, 2.05) is 17.7 Å². The Morgan fingerprint density at radius 2 is 2.23 bits per heavy atom. The first-order valence-corrected chi connectivity index (χ1v) is 4.82. The fourth-order valence-corrected chi connectivity index (χ4v) is 2.09. The van der Waals surface area contributed by atoms with Gasteiger partial charge in [0.25, 0.3) is 0 Å². The minimum absolute atomic E-state index is 0.536. The van der Waals surface area contributed by atoms with Crippen molar-refractivity contribution in [1.29, 1.82) is 0 Å². The lowest BCUT2D eigenvalue weighted by atomic mass is 10.2. The van der Waals surface area contributed by atoms with Gasteiger partial charge in [0, 0.05) is 5.69 Å². The molecule has 70 valence electrons. The van der Waals surface area contributed by atoms with E-state index >= 15 is 0 Å². The van der Waals surface area contributed by atoms with Crippen molar-refractivity contribution in [2.75, 3.05) is 0 Å². The second-order valence-corrected chi connectivity index (χ2v) is 3.71. The normalized spacial score (nSPS) is 17.9. The van der Waals surface area contributed by atoms with Crippen LogP contribution in [-0.2, 0) is 0 Å². The molecule has 3 heteroatoms. The minimum Gasteiger partial charge on any atom is -0.296 e. The third-order valence-electron chi connectivity index (χ3n) is 2.73. The highest BCUT2D eigenvalue weighted by atomic mass is 16.1. The standard InChI is InChI=1S/C10H14N2O/c1-8-6-9(7-13)11-12(8)10-4-2-3-5-10/h6-7,10H,2-5H2,1H3. The fourth-order valence-electron chi connectivity index (χ4n) is 2.09. The highest BCUT2D eigenvalue weighted by molar-refractivity contribution is 5.71. The zero-order valence-electron chi connectivity index (χ0n) is 7.86. The van der Waals surface area contributed by atoms with E-state index in [4.69, 9.17) is 0 Å². The van der Waals surface area contributed by atoms with Gasteiger partial charge in [-0.1, -0.05) is 12.8 Å². The van der Waals surface area contributed by atoms with Crippen LogP contribution in [0.5, 0.6) is 0 Å². The van der Waals surface area contributed by atoms with Crippen LogP contribution in [0.3, 0.4) is 0 Å². The summed E-state index contributed by atoms with van der Waals surface area (Å²) in [5, 5.41) is 4.26. The molecular weight excluding hydrogens is 164 g/mol. The average Bonchev–Trinajstić information content (AvgIpc) is 2.72. The van der Waals surface area contributed by atoms with Crippen LogP contribution in [0.2, 0.25) is 0 Å². The number of aldehydes is 1. The Balaban J connectivity index is 2.27. The summed E-state index contributed by atoms with van der Waals surface area (Å²) in [6, 6.07) is 2.39. The van der Waals surface area contributed by atoms with Gasteiger partial charge in [-0.15, -0.1) is 0 Å². The Labute approximate surface area is 77.7 Å². The second-order valence-electron chi connectivity index (χ2n) is 3.71. The topological polar surface area (TPSA) is 34.9 Å². The van der Waals surface area contributed by atoms with E-state index in [0.29, 0.717) is 11.7 Å². The monoisotopic (exact) mass is 178 g/mol. The van der Waals surface area contributed by atoms with Crippen LogP contribution in [-0.4, -0.2) is 16.1 Å². The maximum atomic E-state index is 10.5. The predicted molar refractivity (Wildman–Crippen MR) is 49.9 cm³/mol. The molecule has 0 spiro atoms. The van der Waals surface area contributed by atoms with E-state index in [1.165, 1.54) is 25.7 Å². The molecule has 1 fully saturated rings. The van der Waals surface area contributed by atoms with Crippen LogP contribution in [0.1, 0.15) is 47.9 Å². The second kappa shape index (κ2) is 3.32. The molecule has 3 nitrogen and oxygen atoms in total. The lowest BCUT2D eigenvalue weighted by Crippen LogP contribution is -2.08. The number of rotatable bonds is 2. The summed E-state index contributed by atoms with van der Waals surface area (Å²) in [7, 11) is 0. The molecule has 0 aliphatic heterocycles. The molecule has 0 amide bonds. The minimum atomic E-state index is 0.536. The van der Waals surface area contributed by atoms with Crippen molar-refractivity contribution in [2.24, 2.45) is 0 Å². The Morgan fingerprint density at radius 1 is 1.54 bits per heavy atom. The maximum Gasteiger partial charge on any atom is 0.170 e. The summed E-state index contributed by atoms with van der Waals surface area (Å²) in [4.78, 5) is 10.5. The molecule has 13 heavy (non-hydrogen) atoms. The summed E-state index contributed by atoms with van der Waals surface area (Å²) in [6.07, 6.45) is 5.82. The lowest BCUT2D eigenvalue weighted by Gasteiger charge is -2.11. The van der Waals surface area contributed by atoms with Gasteiger partial charge < -0.3 is 0 Å². The molecule has 0 atom stereocenters. The molecule has 1 aliphatic rings. The van der Waals surface area contributed by atoms with Gasteiger partial charge in [-0.3, -0.25) is 9.48 Å². The van der Waals surface area contributed by atoms with Crippen LogP contribution >= 0.6 is 0 Å². The first-order chi connectivity index (χ1) is 6.31. The van der Waals surface area contributed by atoms with E-state index < -0.39 is 0 Å². The van der Waals surface area contributed by atoms with Crippen LogP contribution < -0.4 is 0 Å². The Morgan fingerprint density at radius 3 is 2.77 bits per heavy atom. The van der Waals surface area contributed by atoms with Crippen molar-refractivity contribution in [2.45, 2.75) is 38.6 Å². The summed E-state index contributed by atoms with van der Waals surface area (Å²) < 4.78 is 2.01.